The van der Waals surface area contributed by atoms with Crippen molar-refractivity contribution in [3.05, 3.63) is 47.3 Å². The van der Waals surface area contributed by atoms with Crippen molar-refractivity contribution >= 4 is 24.0 Å². The number of rotatable bonds is 4. The van der Waals surface area contributed by atoms with E-state index in [1.54, 1.807) is 17.9 Å². The van der Waals surface area contributed by atoms with E-state index in [2.05, 4.69) is 15.7 Å². The van der Waals surface area contributed by atoms with Crippen molar-refractivity contribution in [1.29, 1.82) is 0 Å². The second-order valence-electron chi connectivity index (χ2n) is 4.49. The summed E-state index contributed by atoms with van der Waals surface area (Å²) in [6.45, 7) is 2.60. The van der Waals surface area contributed by atoms with Crippen LogP contribution in [0.2, 0.25) is 0 Å². The van der Waals surface area contributed by atoms with Crippen molar-refractivity contribution in [1.82, 2.24) is 15.1 Å². The van der Waals surface area contributed by atoms with E-state index in [0.717, 1.165) is 23.5 Å². The lowest BCUT2D eigenvalue weighted by atomic mass is 10.2. The monoisotopic (exact) mass is 294 g/mol. The number of halogens is 1. The largest absolute Gasteiger partial charge is 0.322 e. The number of carbonyl (C=O) groups excluding carboxylic acids is 1. The maximum atomic E-state index is 12.1. The summed E-state index contributed by atoms with van der Waals surface area (Å²) < 4.78 is 1.64. The summed E-state index contributed by atoms with van der Waals surface area (Å²) in [5.74, 6) is -0.132. The van der Waals surface area contributed by atoms with E-state index in [1.165, 1.54) is 0 Å². The second kappa shape index (κ2) is 7.07. The Morgan fingerprint density at radius 2 is 2.15 bits per heavy atom. The number of nitrogens with zero attached hydrogens (tertiary/aromatic N) is 2. The van der Waals surface area contributed by atoms with Crippen LogP contribution in [-0.4, -0.2) is 22.7 Å². The topological polar surface area (TPSA) is 58.9 Å². The molecule has 0 atom stereocenters. The number of nitrogens with one attached hydrogen (secondary N) is 2. The first kappa shape index (κ1) is 16.2. The zero-order chi connectivity index (χ0) is 13.8. The SMILES string of the molecule is CNCc1cccc(NC(=O)c2cn(C)nc2C)c1.Cl. The smallest absolute Gasteiger partial charge is 0.259 e. The van der Waals surface area contributed by atoms with Gasteiger partial charge in [-0.15, -0.1) is 12.4 Å². The molecule has 0 aliphatic rings. The average molecular weight is 295 g/mol. The van der Waals surface area contributed by atoms with Gasteiger partial charge in [0.15, 0.2) is 0 Å². The fourth-order valence-electron chi connectivity index (χ4n) is 1.98. The summed E-state index contributed by atoms with van der Waals surface area (Å²) in [7, 11) is 3.70. The maximum absolute atomic E-state index is 12.1. The molecule has 6 heteroatoms. The maximum Gasteiger partial charge on any atom is 0.259 e. The standard InChI is InChI=1S/C14H18N4O.ClH/c1-10-13(9-18(3)17-10)14(19)16-12-6-4-5-11(7-12)8-15-2;/h4-7,9,15H,8H2,1-3H3,(H,16,19);1H. The third-order valence-electron chi connectivity index (χ3n) is 2.82. The van der Waals surface area contributed by atoms with Crippen LogP contribution in [0.4, 0.5) is 5.69 Å². The van der Waals surface area contributed by atoms with Gasteiger partial charge < -0.3 is 10.6 Å². The number of carbonyl (C=O) groups is 1. The first-order chi connectivity index (χ1) is 9.10. The zero-order valence-corrected chi connectivity index (χ0v) is 12.6. The molecule has 0 radical (unpaired) electrons. The van der Waals surface area contributed by atoms with E-state index in [0.29, 0.717) is 5.56 Å². The number of anilines is 1. The fourth-order valence-corrected chi connectivity index (χ4v) is 1.98. The van der Waals surface area contributed by atoms with Gasteiger partial charge in [-0.3, -0.25) is 9.48 Å². The first-order valence-electron chi connectivity index (χ1n) is 6.15. The number of aryl methyl sites for hydroxylation is 2. The van der Waals surface area contributed by atoms with Crippen LogP contribution in [0.15, 0.2) is 30.5 Å². The Morgan fingerprint density at radius 1 is 1.40 bits per heavy atom. The number of hydrogen-bond acceptors (Lipinski definition) is 3. The van der Waals surface area contributed by atoms with Gasteiger partial charge in [0.25, 0.3) is 5.91 Å². The van der Waals surface area contributed by atoms with E-state index in [1.807, 2.05) is 38.2 Å². The molecular formula is C14H19ClN4O. The molecule has 2 N–H and O–H groups in total. The lowest BCUT2D eigenvalue weighted by Crippen LogP contribution is -2.13. The van der Waals surface area contributed by atoms with E-state index >= 15 is 0 Å². The second-order valence-corrected chi connectivity index (χ2v) is 4.49. The molecule has 0 fully saturated rings. The van der Waals surface area contributed by atoms with E-state index in [-0.39, 0.29) is 18.3 Å². The van der Waals surface area contributed by atoms with Crippen LogP contribution in [0, 0.1) is 6.92 Å². The average Bonchev–Trinajstić information content (AvgIpc) is 2.69. The lowest BCUT2D eigenvalue weighted by Gasteiger charge is -2.06. The van der Waals surface area contributed by atoms with Crippen LogP contribution in [0.25, 0.3) is 0 Å². The van der Waals surface area contributed by atoms with Gasteiger partial charge in [-0.2, -0.15) is 5.10 Å². The van der Waals surface area contributed by atoms with E-state index < -0.39 is 0 Å². The molecule has 0 unspecified atom stereocenters. The molecule has 1 amide bonds. The molecule has 0 saturated carbocycles. The molecule has 1 heterocycles. The minimum absolute atomic E-state index is 0. The van der Waals surface area contributed by atoms with Gasteiger partial charge >= 0.3 is 0 Å². The van der Waals surface area contributed by atoms with E-state index in [9.17, 15) is 4.79 Å². The molecule has 0 aliphatic carbocycles. The minimum atomic E-state index is -0.132. The van der Waals surface area contributed by atoms with Crippen LogP contribution in [0.1, 0.15) is 21.6 Å². The Labute approximate surface area is 124 Å². The van der Waals surface area contributed by atoms with Gasteiger partial charge in [-0.1, -0.05) is 12.1 Å². The Balaban J connectivity index is 0.00000200. The Kier molecular flexibility index (Phi) is 5.73. The van der Waals surface area contributed by atoms with Crippen molar-refractivity contribution < 1.29 is 4.79 Å². The van der Waals surface area contributed by atoms with Crippen LogP contribution >= 0.6 is 12.4 Å². The van der Waals surface area contributed by atoms with Crippen molar-refractivity contribution in [2.75, 3.05) is 12.4 Å². The number of benzene rings is 1. The Bertz CT molecular complexity index is 595. The molecule has 20 heavy (non-hydrogen) atoms. The predicted molar refractivity (Wildman–Crippen MR) is 82.4 cm³/mol. The molecular weight excluding hydrogens is 276 g/mol. The molecule has 0 saturated heterocycles. The minimum Gasteiger partial charge on any atom is -0.322 e. The Hall–Kier alpha value is -1.85. The van der Waals surface area contributed by atoms with Gasteiger partial charge in [-0.05, 0) is 31.7 Å². The predicted octanol–water partition coefficient (Wildman–Crippen LogP) is 2.12. The van der Waals surface area contributed by atoms with Crippen molar-refractivity contribution in [2.24, 2.45) is 7.05 Å². The molecule has 1 aromatic carbocycles. The number of hydrogen-bond donors (Lipinski definition) is 2. The number of aromatic nitrogens is 2. The van der Waals surface area contributed by atoms with Crippen LogP contribution in [0.3, 0.4) is 0 Å². The molecule has 2 rings (SSSR count). The molecule has 1 aromatic heterocycles. The highest BCUT2D eigenvalue weighted by Crippen LogP contribution is 2.13. The van der Waals surface area contributed by atoms with Crippen LogP contribution in [-0.2, 0) is 13.6 Å². The van der Waals surface area contributed by atoms with Crippen molar-refractivity contribution in [3.63, 3.8) is 0 Å². The summed E-state index contributed by atoms with van der Waals surface area (Å²) in [5.41, 5.74) is 3.25. The zero-order valence-electron chi connectivity index (χ0n) is 11.8. The normalized spacial score (nSPS) is 9.95. The highest BCUT2D eigenvalue weighted by atomic mass is 35.5. The van der Waals surface area contributed by atoms with Crippen LogP contribution < -0.4 is 10.6 Å². The van der Waals surface area contributed by atoms with Crippen molar-refractivity contribution in [2.45, 2.75) is 13.5 Å². The lowest BCUT2D eigenvalue weighted by molar-refractivity contribution is 0.102. The highest BCUT2D eigenvalue weighted by molar-refractivity contribution is 6.04. The summed E-state index contributed by atoms with van der Waals surface area (Å²) in [6, 6.07) is 7.78. The summed E-state index contributed by atoms with van der Waals surface area (Å²) in [5, 5.41) is 10.1. The molecule has 5 nitrogen and oxygen atoms in total. The highest BCUT2D eigenvalue weighted by Gasteiger charge is 2.12. The van der Waals surface area contributed by atoms with E-state index in [4.69, 9.17) is 0 Å². The van der Waals surface area contributed by atoms with Crippen LogP contribution in [0.5, 0.6) is 0 Å². The molecule has 0 aliphatic heterocycles. The third-order valence-corrected chi connectivity index (χ3v) is 2.82. The molecule has 0 spiro atoms. The van der Waals surface area contributed by atoms with Gasteiger partial charge in [-0.25, -0.2) is 0 Å². The summed E-state index contributed by atoms with van der Waals surface area (Å²) >= 11 is 0. The quantitative estimate of drug-likeness (QED) is 0.908. The van der Waals surface area contributed by atoms with Crippen molar-refractivity contribution in [3.8, 4) is 0 Å². The molecule has 108 valence electrons. The number of amides is 1. The van der Waals surface area contributed by atoms with Gasteiger partial charge in [0.05, 0.1) is 11.3 Å². The molecule has 0 bridgehead atoms. The van der Waals surface area contributed by atoms with Gasteiger partial charge in [0.1, 0.15) is 0 Å². The summed E-state index contributed by atoms with van der Waals surface area (Å²) in [4.78, 5) is 12.1. The fraction of sp³-hybridized carbons (Fsp3) is 0.286. The Morgan fingerprint density at radius 3 is 2.75 bits per heavy atom. The molecule has 2 aromatic rings. The third kappa shape index (κ3) is 3.82. The van der Waals surface area contributed by atoms with Gasteiger partial charge in [0, 0.05) is 25.5 Å². The first-order valence-corrected chi connectivity index (χ1v) is 6.15. The summed E-state index contributed by atoms with van der Waals surface area (Å²) in [6.07, 6.45) is 1.72. The van der Waals surface area contributed by atoms with Gasteiger partial charge in [0.2, 0.25) is 0 Å².